The number of hydrogen-bond donors (Lipinski definition) is 1. The zero-order valence-corrected chi connectivity index (χ0v) is 6.28. The fourth-order valence-electron chi connectivity index (χ4n) is 0.854. The lowest BCUT2D eigenvalue weighted by Crippen LogP contribution is -2.01. The second-order valence-corrected chi connectivity index (χ2v) is 2.44. The quantitative estimate of drug-likeness (QED) is 0.713. The first-order valence-electron chi connectivity index (χ1n) is 3.41. The molecule has 0 saturated carbocycles. The molecule has 1 N–H and O–H groups in total. The van der Waals surface area contributed by atoms with Crippen LogP contribution in [0.2, 0.25) is 0 Å². The lowest BCUT2D eigenvalue weighted by molar-refractivity contribution is -0.119. The van der Waals surface area contributed by atoms with Gasteiger partial charge in [-0.05, 0) is 19.1 Å². The Bertz CT molecular complexity index is 225. The molecule has 60 valence electrons. The van der Waals surface area contributed by atoms with Crippen LogP contribution in [0.4, 0.5) is 0 Å². The maximum atomic E-state index is 10.5. The largest absolute Gasteiger partial charge is 0.467 e. The van der Waals surface area contributed by atoms with Crippen LogP contribution >= 0.6 is 0 Å². The molecule has 0 fully saturated rings. The molecule has 1 rings (SSSR count). The van der Waals surface area contributed by atoms with E-state index in [-0.39, 0.29) is 12.2 Å². The monoisotopic (exact) mass is 154 g/mol. The van der Waals surface area contributed by atoms with E-state index in [0.29, 0.717) is 5.76 Å². The predicted octanol–water partition coefficient (Wildman–Crippen LogP) is 1.29. The van der Waals surface area contributed by atoms with E-state index in [1.807, 2.05) is 0 Å². The van der Waals surface area contributed by atoms with Gasteiger partial charge in [-0.15, -0.1) is 0 Å². The van der Waals surface area contributed by atoms with Crippen LogP contribution in [0.3, 0.4) is 0 Å². The number of aliphatic hydroxyl groups excluding tert-OH is 1. The first-order chi connectivity index (χ1) is 5.20. The SMILES string of the molecule is CC(=O)C[C@H](O)c1ccco1. The summed E-state index contributed by atoms with van der Waals surface area (Å²) in [6, 6.07) is 3.33. The van der Waals surface area contributed by atoms with Gasteiger partial charge in [0, 0.05) is 6.42 Å². The number of carbonyl (C=O) groups is 1. The average molecular weight is 154 g/mol. The normalized spacial score (nSPS) is 12.9. The molecule has 0 saturated heterocycles. The summed E-state index contributed by atoms with van der Waals surface area (Å²) in [7, 11) is 0. The third-order valence-corrected chi connectivity index (χ3v) is 1.35. The van der Waals surface area contributed by atoms with Crippen LogP contribution in [0.5, 0.6) is 0 Å². The fourth-order valence-corrected chi connectivity index (χ4v) is 0.854. The summed E-state index contributed by atoms with van der Waals surface area (Å²) in [5.41, 5.74) is 0. The number of rotatable bonds is 3. The molecule has 0 radical (unpaired) electrons. The van der Waals surface area contributed by atoms with Gasteiger partial charge < -0.3 is 9.52 Å². The number of hydrogen-bond acceptors (Lipinski definition) is 3. The van der Waals surface area contributed by atoms with Gasteiger partial charge in [0.2, 0.25) is 0 Å². The minimum absolute atomic E-state index is 0.0473. The van der Waals surface area contributed by atoms with Crippen LogP contribution in [0.25, 0.3) is 0 Å². The van der Waals surface area contributed by atoms with Gasteiger partial charge in [0.25, 0.3) is 0 Å². The molecule has 0 aromatic carbocycles. The van der Waals surface area contributed by atoms with E-state index in [1.54, 1.807) is 12.1 Å². The highest BCUT2D eigenvalue weighted by Crippen LogP contribution is 2.16. The molecule has 3 nitrogen and oxygen atoms in total. The van der Waals surface area contributed by atoms with Gasteiger partial charge in [0.15, 0.2) is 0 Å². The molecule has 0 unspecified atom stereocenters. The van der Waals surface area contributed by atoms with Gasteiger partial charge in [-0.1, -0.05) is 0 Å². The van der Waals surface area contributed by atoms with Crippen molar-refractivity contribution in [3.05, 3.63) is 24.2 Å². The Kier molecular flexibility index (Phi) is 2.44. The van der Waals surface area contributed by atoms with Crippen LogP contribution in [0.1, 0.15) is 25.2 Å². The topological polar surface area (TPSA) is 50.4 Å². The predicted molar refractivity (Wildman–Crippen MR) is 39.0 cm³/mol. The van der Waals surface area contributed by atoms with Crippen LogP contribution in [-0.2, 0) is 4.79 Å². The molecule has 1 atom stereocenters. The Hall–Kier alpha value is -1.09. The van der Waals surface area contributed by atoms with Crippen molar-refractivity contribution in [2.75, 3.05) is 0 Å². The molecular weight excluding hydrogens is 144 g/mol. The maximum absolute atomic E-state index is 10.5. The standard InChI is InChI=1S/C8H10O3/c1-6(9)5-7(10)8-3-2-4-11-8/h2-4,7,10H,5H2,1H3/t7-/m0/s1. The van der Waals surface area contributed by atoms with E-state index in [0.717, 1.165) is 0 Å². The van der Waals surface area contributed by atoms with E-state index in [4.69, 9.17) is 4.42 Å². The second-order valence-electron chi connectivity index (χ2n) is 2.44. The van der Waals surface area contributed by atoms with E-state index in [1.165, 1.54) is 13.2 Å². The Morgan fingerprint density at radius 2 is 2.55 bits per heavy atom. The molecule has 0 spiro atoms. The molecular formula is C8H10O3. The van der Waals surface area contributed by atoms with Crippen molar-refractivity contribution in [1.29, 1.82) is 0 Å². The van der Waals surface area contributed by atoms with Crippen LogP contribution in [0, 0.1) is 0 Å². The van der Waals surface area contributed by atoms with Gasteiger partial charge in [-0.2, -0.15) is 0 Å². The molecule has 0 bridgehead atoms. The lowest BCUT2D eigenvalue weighted by Gasteiger charge is -2.02. The van der Waals surface area contributed by atoms with Crippen LogP contribution in [0.15, 0.2) is 22.8 Å². The highest BCUT2D eigenvalue weighted by atomic mass is 16.4. The highest BCUT2D eigenvalue weighted by Gasteiger charge is 2.11. The summed E-state index contributed by atoms with van der Waals surface area (Å²) in [6.45, 7) is 1.44. The summed E-state index contributed by atoms with van der Waals surface area (Å²) < 4.78 is 4.89. The van der Waals surface area contributed by atoms with Crippen molar-refractivity contribution in [2.24, 2.45) is 0 Å². The Morgan fingerprint density at radius 3 is 3.00 bits per heavy atom. The van der Waals surface area contributed by atoms with E-state index < -0.39 is 6.10 Å². The van der Waals surface area contributed by atoms with E-state index in [2.05, 4.69) is 0 Å². The van der Waals surface area contributed by atoms with Gasteiger partial charge in [0.05, 0.1) is 6.26 Å². The first kappa shape index (κ1) is 8.01. The minimum atomic E-state index is -0.789. The molecule has 0 amide bonds. The van der Waals surface area contributed by atoms with Crippen LogP contribution < -0.4 is 0 Å². The van der Waals surface area contributed by atoms with Gasteiger partial charge in [0.1, 0.15) is 17.6 Å². The minimum Gasteiger partial charge on any atom is -0.467 e. The molecule has 11 heavy (non-hydrogen) atoms. The second kappa shape index (κ2) is 3.34. The molecule has 0 aliphatic heterocycles. The Labute approximate surface area is 64.6 Å². The number of ketones is 1. The smallest absolute Gasteiger partial charge is 0.132 e. The molecule has 0 aliphatic rings. The highest BCUT2D eigenvalue weighted by molar-refractivity contribution is 5.76. The van der Waals surface area contributed by atoms with Crippen molar-refractivity contribution in [2.45, 2.75) is 19.4 Å². The summed E-state index contributed by atoms with van der Waals surface area (Å²) in [4.78, 5) is 10.5. The number of aliphatic hydroxyl groups is 1. The summed E-state index contributed by atoms with van der Waals surface area (Å²) in [6.07, 6.45) is 0.800. The zero-order chi connectivity index (χ0) is 8.27. The Morgan fingerprint density at radius 1 is 1.82 bits per heavy atom. The van der Waals surface area contributed by atoms with Crippen molar-refractivity contribution in [3.8, 4) is 0 Å². The van der Waals surface area contributed by atoms with Gasteiger partial charge in [-0.25, -0.2) is 0 Å². The van der Waals surface area contributed by atoms with Gasteiger partial charge >= 0.3 is 0 Å². The molecule has 1 heterocycles. The first-order valence-corrected chi connectivity index (χ1v) is 3.41. The summed E-state index contributed by atoms with van der Waals surface area (Å²) in [5.74, 6) is 0.397. The van der Waals surface area contributed by atoms with Crippen molar-refractivity contribution in [3.63, 3.8) is 0 Å². The third-order valence-electron chi connectivity index (χ3n) is 1.35. The van der Waals surface area contributed by atoms with Crippen LogP contribution in [-0.4, -0.2) is 10.9 Å². The summed E-state index contributed by atoms with van der Waals surface area (Å²) >= 11 is 0. The Balaban J connectivity index is 2.56. The summed E-state index contributed by atoms with van der Waals surface area (Å²) in [5, 5.41) is 9.27. The zero-order valence-electron chi connectivity index (χ0n) is 6.28. The third kappa shape index (κ3) is 2.20. The lowest BCUT2D eigenvalue weighted by atomic mass is 10.1. The number of furan rings is 1. The van der Waals surface area contributed by atoms with Crippen molar-refractivity contribution >= 4 is 5.78 Å². The van der Waals surface area contributed by atoms with Crippen molar-refractivity contribution in [1.82, 2.24) is 0 Å². The molecule has 1 aromatic rings. The number of carbonyl (C=O) groups excluding carboxylic acids is 1. The molecule has 1 aromatic heterocycles. The van der Waals surface area contributed by atoms with E-state index in [9.17, 15) is 9.90 Å². The van der Waals surface area contributed by atoms with Gasteiger partial charge in [-0.3, -0.25) is 4.79 Å². The number of Topliss-reactive ketones (excluding diaryl/α,β-unsaturated/α-hetero) is 1. The fraction of sp³-hybridized carbons (Fsp3) is 0.375. The van der Waals surface area contributed by atoms with Crippen molar-refractivity contribution < 1.29 is 14.3 Å². The average Bonchev–Trinajstić information content (AvgIpc) is 2.35. The molecule has 0 aliphatic carbocycles. The van der Waals surface area contributed by atoms with E-state index >= 15 is 0 Å². The maximum Gasteiger partial charge on any atom is 0.132 e. The molecule has 3 heteroatoms.